The zero-order valence-corrected chi connectivity index (χ0v) is 12.7. The van der Waals surface area contributed by atoms with E-state index >= 15 is 0 Å². The number of carbonyl (C=O) groups excluding carboxylic acids is 1. The lowest BCUT2D eigenvalue weighted by molar-refractivity contribution is -0.147. The van der Waals surface area contributed by atoms with Crippen LogP contribution in [-0.4, -0.2) is 5.97 Å². The van der Waals surface area contributed by atoms with Crippen LogP contribution in [0.3, 0.4) is 0 Å². The summed E-state index contributed by atoms with van der Waals surface area (Å²) >= 11 is 3.43. The van der Waals surface area contributed by atoms with Crippen LogP contribution >= 0.6 is 15.9 Å². The van der Waals surface area contributed by atoms with Crippen LogP contribution in [0.2, 0.25) is 0 Å². The van der Waals surface area contributed by atoms with E-state index in [1.165, 1.54) is 25.3 Å². The van der Waals surface area contributed by atoms with Crippen molar-refractivity contribution in [3.63, 3.8) is 0 Å². The highest BCUT2D eigenvalue weighted by atomic mass is 79.9. The minimum Gasteiger partial charge on any atom is -0.458 e. The average Bonchev–Trinajstić information content (AvgIpc) is 2.37. The Balaban J connectivity index is 2.69. The first-order chi connectivity index (χ1) is 8.67. The Labute approximate surface area is 118 Å². The number of hydrogen-bond acceptors (Lipinski definition) is 2. The van der Waals surface area contributed by atoms with Crippen molar-refractivity contribution in [1.82, 2.24) is 0 Å². The van der Waals surface area contributed by atoms with Crippen LogP contribution in [0, 0.1) is 0 Å². The highest BCUT2D eigenvalue weighted by molar-refractivity contribution is 9.08. The minimum atomic E-state index is -0.207. The maximum Gasteiger partial charge on any atom is 0.303 e. The molecule has 1 aromatic carbocycles. The Hall–Kier alpha value is -0.830. The van der Waals surface area contributed by atoms with E-state index in [1.54, 1.807) is 0 Å². The summed E-state index contributed by atoms with van der Waals surface area (Å²) < 4.78 is 5.41. The smallest absolute Gasteiger partial charge is 0.303 e. The number of ether oxygens (including phenoxy) is 1. The molecule has 3 heteroatoms. The van der Waals surface area contributed by atoms with Gasteiger partial charge in [-0.25, -0.2) is 0 Å². The van der Waals surface area contributed by atoms with E-state index in [0.29, 0.717) is 0 Å². The van der Waals surface area contributed by atoms with Gasteiger partial charge in [-0.1, -0.05) is 60.0 Å². The summed E-state index contributed by atoms with van der Waals surface area (Å²) in [4.78, 5) is 11.2. The molecule has 2 nitrogen and oxygen atoms in total. The molecule has 0 bridgehead atoms. The molecule has 0 amide bonds. The molecule has 0 spiro atoms. The van der Waals surface area contributed by atoms with Crippen LogP contribution in [-0.2, 0) is 14.9 Å². The molecule has 1 aromatic rings. The Morgan fingerprint density at radius 1 is 1.28 bits per heavy atom. The quantitative estimate of drug-likeness (QED) is 0.412. The van der Waals surface area contributed by atoms with Gasteiger partial charge in [0.15, 0.2) is 0 Å². The van der Waals surface area contributed by atoms with E-state index in [2.05, 4.69) is 47.1 Å². The molecule has 0 saturated carbocycles. The van der Waals surface area contributed by atoms with Gasteiger partial charge in [0.05, 0.1) is 0 Å². The van der Waals surface area contributed by atoms with E-state index in [4.69, 9.17) is 4.74 Å². The predicted octanol–water partition coefficient (Wildman–Crippen LogP) is 4.77. The summed E-state index contributed by atoms with van der Waals surface area (Å²) in [5.41, 5.74) is 2.32. The summed E-state index contributed by atoms with van der Waals surface area (Å²) in [7, 11) is 0. The van der Waals surface area contributed by atoms with Crippen molar-refractivity contribution in [2.45, 2.75) is 51.0 Å². The van der Waals surface area contributed by atoms with Crippen molar-refractivity contribution in [3.05, 3.63) is 35.4 Å². The molecule has 0 aliphatic rings. The zero-order chi connectivity index (χ0) is 13.4. The van der Waals surface area contributed by atoms with Crippen molar-refractivity contribution in [2.24, 2.45) is 0 Å². The molecular formula is C15H21BrO2. The van der Waals surface area contributed by atoms with Gasteiger partial charge in [0.25, 0.3) is 0 Å². The van der Waals surface area contributed by atoms with E-state index in [1.807, 2.05) is 0 Å². The number of rotatable bonds is 7. The van der Waals surface area contributed by atoms with E-state index in [9.17, 15) is 4.79 Å². The van der Waals surface area contributed by atoms with Gasteiger partial charge in [-0.05, 0) is 24.0 Å². The van der Waals surface area contributed by atoms with Crippen LogP contribution < -0.4 is 0 Å². The fourth-order valence-electron chi connectivity index (χ4n) is 1.90. The van der Waals surface area contributed by atoms with Gasteiger partial charge in [-0.2, -0.15) is 0 Å². The topological polar surface area (TPSA) is 26.3 Å². The van der Waals surface area contributed by atoms with Gasteiger partial charge in [0.2, 0.25) is 0 Å². The number of hydrogen-bond donors (Lipinski definition) is 0. The molecule has 0 radical (unpaired) electrons. The Morgan fingerprint density at radius 2 is 1.94 bits per heavy atom. The molecule has 0 aliphatic carbocycles. The molecule has 0 aromatic heterocycles. The largest absolute Gasteiger partial charge is 0.458 e. The van der Waals surface area contributed by atoms with Crippen LogP contribution in [0.25, 0.3) is 0 Å². The third kappa shape index (κ3) is 5.21. The lowest BCUT2D eigenvalue weighted by Gasteiger charge is -2.17. The summed E-state index contributed by atoms with van der Waals surface area (Å²) in [6, 6.07) is 8.24. The first-order valence-electron chi connectivity index (χ1n) is 6.49. The molecule has 1 unspecified atom stereocenters. The minimum absolute atomic E-state index is 0.0987. The second-order valence-corrected chi connectivity index (χ2v) is 5.03. The van der Waals surface area contributed by atoms with Gasteiger partial charge in [0.1, 0.15) is 6.10 Å². The number of unbranched alkanes of at least 4 members (excludes halogenated alkanes) is 2. The molecule has 100 valence electrons. The first-order valence-corrected chi connectivity index (χ1v) is 7.61. The highest BCUT2D eigenvalue weighted by Crippen LogP contribution is 2.25. The number of benzene rings is 1. The van der Waals surface area contributed by atoms with Crippen molar-refractivity contribution in [2.75, 3.05) is 0 Å². The van der Waals surface area contributed by atoms with Crippen molar-refractivity contribution >= 4 is 21.9 Å². The highest BCUT2D eigenvalue weighted by Gasteiger charge is 2.14. The Morgan fingerprint density at radius 3 is 2.44 bits per heavy atom. The monoisotopic (exact) mass is 312 g/mol. The normalized spacial score (nSPS) is 12.2. The Kier molecular flexibility index (Phi) is 7.02. The van der Waals surface area contributed by atoms with Gasteiger partial charge in [0, 0.05) is 12.3 Å². The van der Waals surface area contributed by atoms with Gasteiger partial charge < -0.3 is 4.74 Å². The molecule has 0 saturated heterocycles. The third-order valence-corrected chi connectivity index (χ3v) is 3.53. The van der Waals surface area contributed by atoms with Crippen LogP contribution in [0.4, 0.5) is 0 Å². The zero-order valence-electron chi connectivity index (χ0n) is 11.1. The summed E-state index contributed by atoms with van der Waals surface area (Å²) in [6.07, 6.45) is 4.25. The molecule has 0 fully saturated rings. The molecule has 0 heterocycles. The lowest BCUT2D eigenvalue weighted by Crippen LogP contribution is -2.08. The second-order valence-electron chi connectivity index (χ2n) is 4.47. The fourth-order valence-corrected chi connectivity index (χ4v) is 2.27. The van der Waals surface area contributed by atoms with Crippen molar-refractivity contribution in [1.29, 1.82) is 0 Å². The van der Waals surface area contributed by atoms with Gasteiger partial charge in [-0.15, -0.1) is 0 Å². The molecular weight excluding hydrogens is 292 g/mol. The molecule has 1 atom stereocenters. The maximum absolute atomic E-state index is 11.2. The number of alkyl halides is 1. The van der Waals surface area contributed by atoms with E-state index in [0.717, 1.165) is 23.7 Å². The van der Waals surface area contributed by atoms with Gasteiger partial charge >= 0.3 is 5.97 Å². The SMILES string of the molecule is CCCCCC(OC(C)=O)c1ccc(CBr)cc1. The summed E-state index contributed by atoms with van der Waals surface area (Å²) in [5.74, 6) is -0.207. The number of carbonyl (C=O) groups is 1. The second kappa shape index (κ2) is 8.30. The Bertz CT molecular complexity index is 359. The average molecular weight is 313 g/mol. The third-order valence-electron chi connectivity index (χ3n) is 2.88. The standard InChI is InChI=1S/C15H21BrO2/c1-3-4-5-6-15(18-12(2)17)14-9-7-13(11-16)8-10-14/h7-10,15H,3-6,11H2,1-2H3. The molecule has 0 aliphatic heterocycles. The molecule has 1 rings (SSSR count). The van der Waals surface area contributed by atoms with E-state index in [-0.39, 0.29) is 12.1 Å². The summed E-state index contributed by atoms with van der Waals surface area (Å²) in [6.45, 7) is 3.64. The van der Waals surface area contributed by atoms with Gasteiger partial charge in [-0.3, -0.25) is 4.79 Å². The van der Waals surface area contributed by atoms with Crippen LogP contribution in [0.1, 0.15) is 56.8 Å². The maximum atomic E-state index is 11.2. The van der Waals surface area contributed by atoms with Crippen LogP contribution in [0.5, 0.6) is 0 Å². The van der Waals surface area contributed by atoms with E-state index < -0.39 is 0 Å². The number of halogens is 1. The number of esters is 1. The van der Waals surface area contributed by atoms with Crippen molar-refractivity contribution < 1.29 is 9.53 Å². The molecule has 0 N–H and O–H groups in total. The van der Waals surface area contributed by atoms with Crippen molar-refractivity contribution in [3.8, 4) is 0 Å². The first kappa shape index (κ1) is 15.2. The fraction of sp³-hybridized carbons (Fsp3) is 0.533. The lowest BCUT2D eigenvalue weighted by atomic mass is 10.0. The predicted molar refractivity (Wildman–Crippen MR) is 77.7 cm³/mol. The molecule has 18 heavy (non-hydrogen) atoms. The van der Waals surface area contributed by atoms with Crippen LogP contribution in [0.15, 0.2) is 24.3 Å². The summed E-state index contributed by atoms with van der Waals surface area (Å²) in [5, 5.41) is 0.849.